The summed E-state index contributed by atoms with van der Waals surface area (Å²) in [6.45, 7) is 1.75. The molecule has 0 N–H and O–H groups in total. The Morgan fingerprint density at radius 3 is 2.28 bits per heavy atom. The zero-order chi connectivity index (χ0) is 23.1. The number of hydrogen-bond donors (Lipinski definition) is 0. The van der Waals surface area contributed by atoms with Crippen LogP contribution >= 0.6 is 0 Å². The van der Waals surface area contributed by atoms with Crippen molar-refractivity contribution in [2.24, 2.45) is 0 Å². The van der Waals surface area contributed by atoms with Crippen LogP contribution in [0.1, 0.15) is 28.6 Å². The van der Waals surface area contributed by atoms with Gasteiger partial charge >= 0.3 is 11.9 Å². The summed E-state index contributed by atoms with van der Waals surface area (Å²) in [5.74, 6) is 0.191. The van der Waals surface area contributed by atoms with Crippen LogP contribution in [0.25, 0.3) is 17.0 Å². The first-order valence-electron chi connectivity index (χ1n) is 9.84. The van der Waals surface area contributed by atoms with E-state index in [-0.39, 0.29) is 19.0 Å². The molecule has 0 saturated carbocycles. The third-order valence-electron chi connectivity index (χ3n) is 4.62. The second-order valence-electron chi connectivity index (χ2n) is 6.53. The highest BCUT2D eigenvalue weighted by atomic mass is 16.6. The molecule has 1 heterocycles. The number of ether oxygens (including phenoxy) is 5. The molecular weight excluding hydrogens is 416 g/mol. The quantitative estimate of drug-likeness (QED) is 0.357. The van der Waals surface area contributed by atoms with Crippen LogP contribution in [0.4, 0.5) is 0 Å². The molecule has 0 fully saturated rings. The smallest absolute Gasteiger partial charge is 0.374 e. The number of methoxy groups -OCH3 is 3. The average Bonchev–Trinajstić information content (AvgIpc) is 3.19. The van der Waals surface area contributed by atoms with Gasteiger partial charge in [0.05, 0.1) is 33.5 Å². The maximum atomic E-state index is 12.3. The number of carbonyl (C=O) groups is 2. The Labute approximate surface area is 185 Å². The van der Waals surface area contributed by atoms with Gasteiger partial charge in [0.1, 0.15) is 12.2 Å². The fourth-order valence-corrected chi connectivity index (χ4v) is 3.16. The van der Waals surface area contributed by atoms with E-state index in [1.54, 1.807) is 43.3 Å². The lowest BCUT2D eigenvalue weighted by molar-refractivity contribution is -0.138. The molecule has 0 atom stereocenters. The van der Waals surface area contributed by atoms with Crippen LogP contribution in [0.5, 0.6) is 17.2 Å². The maximum Gasteiger partial charge on any atom is 0.374 e. The SMILES string of the molecule is CCOC(=O)c1oc2ccccc2c1COC(=O)C=Cc1cc(OC)c(OC)c(OC)c1. The van der Waals surface area contributed by atoms with Crippen LogP contribution in [0.15, 0.2) is 46.9 Å². The molecule has 2 aromatic carbocycles. The Morgan fingerprint density at radius 2 is 1.66 bits per heavy atom. The van der Waals surface area contributed by atoms with Gasteiger partial charge in [-0.05, 0) is 36.8 Å². The van der Waals surface area contributed by atoms with Crippen molar-refractivity contribution in [3.05, 3.63) is 59.4 Å². The minimum Gasteiger partial charge on any atom is -0.493 e. The van der Waals surface area contributed by atoms with Gasteiger partial charge in [-0.2, -0.15) is 0 Å². The molecule has 8 heteroatoms. The molecule has 32 heavy (non-hydrogen) atoms. The summed E-state index contributed by atoms with van der Waals surface area (Å²) in [7, 11) is 4.53. The van der Waals surface area contributed by atoms with Crippen LogP contribution < -0.4 is 14.2 Å². The van der Waals surface area contributed by atoms with E-state index in [2.05, 4.69) is 0 Å². The maximum absolute atomic E-state index is 12.3. The fraction of sp³-hybridized carbons (Fsp3) is 0.250. The Hall–Kier alpha value is -3.94. The first-order chi connectivity index (χ1) is 15.5. The van der Waals surface area contributed by atoms with Gasteiger partial charge in [0.15, 0.2) is 11.5 Å². The van der Waals surface area contributed by atoms with E-state index in [0.717, 1.165) is 0 Å². The Kier molecular flexibility index (Phi) is 7.38. The lowest BCUT2D eigenvalue weighted by Gasteiger charge is -2.12. The zero-order valence-corrected chi connectivity index (χ0v) is 18.3. The Balaban J connectivity index is 1.78. The van der Waals surface area contributed by atoms with E-state index >= 15 is 0 Å². The molecule has 0 unspecified atom stereocenters. The van der Waals surface area contributed by atoms with Crippen LogP contribution in [-0.4, -0.2) is 39.9 Å². The number of esters is 2. The molecule has 0 aliphatic carbocycles. The van der Waals surface area contributed by atoms with Gasteiger partial charge in [-0.25, -0.2) is 9.59 Å². The van der Waals surface area contributed by atoms with E-state index < -0.39 is 11.9 Å². The van der Waals surface area contributed by atoms with Gasteiger partial charge in [-0.3, -0.25) is 0 Å². The topological polar surface area (TPSA) is 93.4 Å². The van der Waals surface area contributed by atoms with Crippen molar-refractivity contribution in [2.45, 2.75) is 13.5 Å². The van der Waals surface area contributed by atoms with Gasteiger partial charge in [0.2, 0.25) is 11.5 Å². The average molecular weight is 440 g/mol. The van der Waals surface area contributed by atoms with Crippen molar-refractivity contribution < 1.29 is 37.7 Å². The van der Waals surface area contributed by atoms with Crippen molar-refractivity contribution in [1.29, 1.82) is 0 Å². The summed E-state index contributed by atoms with van der Waals surface area (Å²) >= 11 is 0. The third-order valence-corrected chi connectivity index (χ3v) is 4.62. The van der Waals surface area contributed by atoms with Crippen LogP contribution in [0.3, 0.4) is 0 Å². The van der Waals surface area contributed by atoms with Crippen molar-refractivity contribution >= 4 is 29.0 Å². The second-order valence-corrected chi connectivity index (χ2v) is 6.53. The number of benzene rings is 2. The zero-order valence-electron chi connectivity index (χ0n) is 18.3. The minimum atomic E-state index is -0.609. The molecular formula is C24H24O8. The number of fused-ring (bicyclic) bond motifs is 1. The molecule has 3 rings (SSSR count). The molecule has 8 nitrogen and oxygen atoms in total. The van der Waals surface area contributed by atoms with E-state index in [4.69, 9.17) is 28.1 Å². The number of rotatable bonds is 9. The first kappa shape index (κ1) is 22.7. The highest BCUT2D eigenvalue weighted by Gasteiger charge is 2.22. The molecule has 3 aromatic rings. The van der Waals surface area contributed by atoms with Crippen molar-refractivity contribution in [1.82, 2.24) is 0 Å². The number of carbonyl (C=O) groups excluding carboxylic acids is 2. The normalized spacial score (nSPS) is 10.9. The Bertz CT molecular complexity index is 1120. The van der Waals surface area contributed by atoms with Crippen LogP contribution in [0.2, 0.25) is 0 Å². The molecule has 0 spiro atoms. The fourth-order valence-electron chi connectivity index (χ4n) is 3.16. The summed E-state index contributed by atoms with van der Waals surface area (Å²) in [5.41, 5.74) is 1.61. The van der Waals surface area contributed by atoms with E-state index in [1.165, 1.54) is 27.4 Å². The van der Waals surface area contributed by atoms with Gasteiger partial charge in [0, 0.05) is 11.5 Å². The molecule has 0 aliphatic rings. The lowest BCUT2D eigenvalue weighted by atomic mass is 10.1. The molecule has 168 valence electrons. The summed E-state index contributed by atoms with van der Waals surface area (Å²) in [6, 6.07) is 10.5. The standard InChI is InChI=1S/C24H24O8/c1-5-30-24(26)22-17(16-8-6-7-9-18(16)32-22)14-31-21(25)11-10-15-12-19(27-2)23(29-4)20(13-15)28-3/h6-13H,5,14H2,1-4H3. The summed E-state index contributed by atoms with van der Waals surface area (Å²) < 4.78 is 31.9. The predicted molar refractivity (Wildman–Crippen MR) is 117 cm³/mol. The van der Waals surface area contributed by atoms with Gasteiger partial charge in [-0.15, -0.1) is 0 Å². The first-order valence-corrected chi connectivity index (χ1v) is 9.84. The molecule has 0 saturated heterocycles. The van der Waals surface area contributed by atoms with Crippen molar-refractivity contribution in [3.8, 4) is 17.2 Å². The molecule has 0 aliphatic heterocycles. The van der Waals surface area contributed by atoms with E-state index in [1.807, 2.05) is 6.07 Å². The molecule has 0 amide bonds. The highest BCUT2D eigenvalue weighted by molar-refractivity contribution is 5.96. The highest BCUT2D eigenvalue weighted by Crippen LogP contribution is 2.38. The lowest BCUT2D eigenvalue weighted by Crippen LogP contribution is -2.08. The summed E-state index contributed by atoms with van der Waals surface area (Å²) in [5, 5.41) is 0.678. The number of furan rings is 1. The third kappa shape index (κ3) is 4.85. The monoisotopic (exact) mass is 440 g/mol. The molecule has 0 bridgehead atoms. The molecule has 1 aromatic heterocycles. The van der Waals surface area contributed by atoms with E-state index in [9.17, 15) is 9.59 Å². The largest absolute Gasteiger partial charge is 0.493 e. The molecule has 0 radical (unpaired) electrons. The summed E-state index contributed by atoms with van der Waals surface area (Å²) in [4.78, 5) is 24.6. The number of hydrogen-bond acceptors (Lipinski definition) is 8. The summed E-state index contributed by atoms with van der Waals surface area (Å²) in [6.07, 6.45) is 2.83. The second kappa shape index (κ2) is 10.4. The number of para-hydroxylation sites is 1. The predicted octanol–water partition coefficient (Wildman–Crippen LogP) is 4.39. The van der Waals surface area contributed by atoms with Crippen molar-refractivity contribution in [2.75, 3.05) is 27.9 Å². The van der Waals surface area contributed by atoms with Gasteiger partial charge < -0.3 is 28.1 Å². The van der Waals surface area contributed by atoms with Gasteiger partial charge in [-0.1, -0.05) is 18.2 Å². The Morgan fingerprint density at radius 1 is 0.969 bits per heavy atom. The van der Waals surface area contributed by atoms with Crippen molar-refractivity contribution in [3.63, 3.8) is 0 Å². The van der Waals surface area contributed by atoms with Crippen LogP contribution in [0, 0.1) is 0 Å². The van der Waals surface area contributed by atoms with Crippen LogP contribution in [-0.2, 0) is 20.9 Å². The minimum absolute atomic E-state index is 0.0226. The van der Waals surface area contributed by atoms with E-state index in [0.29, 0.717) is 39.3 Å². The van der Waals surface area contributed by atoms with Gasteiger partial charge in [0.25, 0.3) is 0 Å².